The first-order valence-electron chi connectivity index (χ1n) is 3.79. The van der Waals surface area contributed by atoms with Gasteiger partial charge in [-0.1, -0.05) is 6.07 Å². The molecule has 1 aliphatic rings. The van der Waals surface area contributed by atoms with Gasteiger partial charge in [-0.05, 0) is 12.1 Å². The van der Waals surface area contributed by atoms with E-state index in [0.29, 0.717) is 11.3 Å². The SMILES string of the molecule is COc1cccc2c1OS(=O)(=O)N=C2. The number of fused-ring (bicyclic) bond motifs is 1. The molecule has 1 aromatic carbocycles. The van der Waals surface area contributed by atoms with Crippen molar-refractivity contribution in [2.75, 3.05) is 7.11 Å². The number of hydrogen-bond acceptors (Lipinski definition) is 4. The summed E-state index contributed by atoms with van der Waals surface area (Å²) in [6.45, 7) is 0. The third-order valence-corrected chi connectivity index (χ3v) is 2.48. The van der Waals surface area contributed by atoms with E-state index in [2.05, 4.69) is 4.40 Å². The quantitative estimate of drug-likeness (QED) is 0.690. The van der Waals surface area contributed by atoms with E-state index in [1.807, 2.05) is 0 Å². The minimum absolute atomic E-state index is 0.185. The van der Waals surface area contributed by atoms with Gasteiger partial charge < -0.3 is 8.92 Å². The van der Waals surface area contributed by atoms with Crippen molar-refractivity contribution in [2.45, 2.75) is 0 Å². The Kier molecular flexibility index (Phi) is 1.92. The smallest absolute Gasteiger partial charge is 0.428 e. The minimum atomic E-state index is -3.84. The summed E-state index contributed by atoms with van der Waals surface area (Å²) >= 11 is 0. The molecule has 0 amide bonds. The molecule has 0 spiro atoms. The number of para-hydroxylation sites is 1. The fraction of sp³-hybridized carbons (Fsp3) is 0.125. The van der Waals surface area contributed by atoms with E-state index in [1.165, 1.54) is 13.3 Å². The van der Waals surface area contributed by atoms with Crippen molar-refractivity contribution in [3.8, 4) is 11.5 Å². The van der Waals surface area contributed by atoms with Gasteiger partial charge in [-0.15, -0.1) is 4.40 Å². The maximum absolute atomic E-state index is 11.0. The van der Waals surface area contributed by atoms with Crippen LogP contribution in [0.5, 0.6) is 11.5 Å². The van der Waals surface area contributed by atoms with Crippen LogP contribution < -0.4 is 8.92 Å². The number of hydrogen-bond donors (Lipinski definition) is 0. The summed E-state index contributed by atoms with van der Waals surface area (Å²) in [5.74, 6) is 0.558. The number of ether oxygens (including phenoxy) is 1. The summed E-state index contributed by atoms with van der Waals surface area (Å²) in [4.78, 5) is 0. The van der Waals surface area contributed by atoms with Crippen LogP contribution in [0.15, 0.2) is 22.6 Å². The molecule has 5 nitrogen and oxygen atoms in total. The third kappa shape index (κ3) is 1.44. The average Bonchev–Trinajstić information content (AvgIpc) is 2.15. The molecule has 0 saturated carbocycles. The van der Waals surface area contributed by atoms with Crippen LogP contribution in [-0.2, 0) is 10.3 Å². The predicted octanol–water partition coefficient (Wildman–Crippen LogP) is 0.751. The van der Waals surface area contributed by atoms with Crippen LogP contribution in [0.25, 0.3) is 0 Å². The molecule has 0 saturated heterocycles. The van der Waals surface area contributed by atoms with Crippen molar-refractivity contribution >= 4 is 16.5 Å². The maximum Gasteiger partial charge on any atom is 0.428 e. The first kappa shape index (κ1) is 9.01. The summed E-state index contributed by atoms with van der Waals surface area (Å²) < 4.78 is 34.9. The van der Waals surface area contributed by atoms with Gasteiger partial charge in [0.2, 0.25) is 0 Å². The molecule has 1 aliphatic heterocycles. The first-order chi connectivity index (χ1) is 6.62. The highest BCUT2D eigenvalue weighted by molar-refractivity contribution is 7.86. The molecule has 0 bridgehead atoms. The molecule has 0 unspecified atom stereocenters. The molecule has 6 heteroatoms. The van der Waals surface area contributed by atoms with E-state index in [-0.39, 0.29) is 5.75 Å². The van der Waals surface area contributed by atoms with Crippen LogP contribution in [0.4, 0.5) is 0 Å². The molecule has 0 fully saturated rings. The van der Waals surface area contributed by atoms with Crippen molar-refractivity contribution in [3.05, 3.63) is 23.8 Å². The number of rotatable bonds is 1. The predicted molar refractivity (Wildman–Crippen MR) is 50.1 cm³/mol. The largest absolute Gasteiger partial charge is 0.493 e. The fourth-order valence-corrected chi connectivity index (χ4v) is 1.81. The van der Waals surface area contributed by atoms with Crippen molar-refractivity contribution < 1.29 is 17.3 Å². The van der Waals surface area contributed by atoms with Gasteiger partial charge in [-0.2, -0.15) is 8.42 Å². The fourth-order valence-electron chi connectivity index (χ4n) is 1.13. The molecule has 0 aromatic heterocycles. The zero-order valence-electron chi connectivity index (χ0n) is 7.30. The van der Waals surface area contributed by atoms with E-state index < -0.39 is 10.3 Å². The Bertz CT molecular complexity index is 492. The molecule has 14 heavy (non-hydrogen) atoms. The lowest BCUT2D eigenvalue weighted by molar-refractivity contribution is 0.390. The van der Waals surface area contributed by atoms with Gasteiger partial charge in [0.15, 0.2) is 11.5 Å². The van der Waals surface area contributed by atoms with Crippen LogP contribution in [0.3, 0.4) is 0 Å². The van der Waals surface area contributed by atoms with E-state index >= 15 is 0 Å². The summed E-state index contributed by atoms with van der Waals surface area (Å²) in [5, 5.41) is 0. The summed E-state index contributed by atoms with van der Waals surface area (Å²) in [6.07, 6.45) is 1.23. The van der Waals surface area contributed by atoms with E-state index in [4.69, 9.17) is 8.92 Å². The van der Waals surface area contributed by atoms with Gasteiger partial charge in [-0.25, -0.2) is 0 Å². The summed E-state index contributed by atoms with van der Waals surface area (Å²) in [7, 11) is -2.40. The molecule has 0 N–H and O–H groups in total. The highest BCUT2D eigenvalue weighted by Gasteiger charge is 2.21. The Morgan fingerprint density at radius 3 is 2.93 bits per heavy atom. The van der Waals surface area contributed by atoms with Crippen molar-refractivity contribution in [1.82, 2.24) is 0 Å². The van der Waals surface area contributed by atoms with Crippen LogP contribution in [0.1, 0.15) is 5.56 Å². The minimum Gasteiger partial charge on any atom is -0.493 e. The van der Waals surface area contributed by atoms with Gasteiger partial charge >= 0.3 is 10.3 Å². The standard InChI is InChI=1S/C8H7NO4S/c1-12-7-4-2-3-6-5-9-14(10,11)13-8(6)7/h2-5H,1H3. The van der Waals surface area contributed by atoms with E-state index in [9.17, 15) is 8.42 Å². The first-order valence-corrected chi connectivity index (χ1v) is 5.16. The van der Waals surface area contributed by atoms with Crippen LogP contribution in [-0.4, -0.2) is 21.7 Å². The Hall–Kier alpha value is -1.56. The Morgan fingerprint density at radius 2 is 2.21 bits per heavy atom. The van der Waals surface area contributed by atoms with Crippen molar-refractivity contribution in [2.24, 2.45) is 4.40 Å². The van der Waals surface area contributed by atoms with Crippen LogP contribution in [0.2, 0.25) is 0 Å². The summed E-state index contributed by atoms with van der Waals surface area (Å²) in [6, 6.07) is 5.04. The third-order valence-electron chi connectivity index (χ3n) is 1.74. The normalized spacial score (nSPS) is 16.9. The second kappa shape index (κ2) is 2.98. The lowest BCUT2D eigenvalue weighted by Gasteiger charge is -2.13. The number of methoxy groups -OCH3 is 1. The topological polar surface area (TPSA) is 65.0 Å². The molecule has 0 aliphatic carbocycles. The van der Waals surface area contributed by atoms with Crippen LogP contribution >= 0.6 is 0 Å². The van der Waals surface area contributed by atoms with Gasteiger partial charge in [0, 0.05) is 5.56 Å². The summed E-state index contributed by atoms with van der Waals surface area (Å²) in [5.41, 5.74) is 0.583. The zero-order valence-corrected chi connectivity index (χ0v) is 8.11. The second-order valence-electron chi connectivity index (χ2n) is 2.62. The molecule has 0 radical (unpaired) electrons. The molecule has 74 valence electrons. The van der Waals surface area contributed by atoms with E-state index in [0.717, 1.165) is 0 Å². The molecule has 1 heterocycles. The monoisotopic (exact) mass is 213 g/mol. The second-order valence-corrected chi connectivity index (χ2v) is 3.86. The molecular weight excluding hydrogens is 206 g/mol. The number of benzene rings is 1. The number of nitrogens with zero attached hydrogens (tertiary/aromatic N) is 1. The molecule has 0 atom stereocenters. The van der Waals surface area contributed by atoms with Gasteiger partial charge in [-0.3, -0.25) is 0 Å². The highest BCUT2D eigenvalue weighted by atomic mass is 32.2. The van der Waals surface area contributed by atoms with Gasteiger partial charge in [0.1, 0.15) is 0 Å². The Morgan fingerprint density at radius 1 is 1.43 bits per heavy atom. The Labute approximate surface area is 81.2 Å². The molecule has 1 aromatic rings. The van der Waals surface area contributed by atoms with Crippen molar-refractivity contribution in [3.63, 3.8) is 0 Å². The molecular formula is C8H7NO4S. The average molecular weight is 213 g/mol. The molecule has 2 rings (SSSR count). The van der Waals surface area contributed by atoms with E-state index in [1.54, 1.807) is 18.2 Å². The zero-order chi connectivity index (χ0) is 10.2. The Balaban J connectivity index is 2.62. The maximum atomic E-state index is 11.0. The highest BCUT2D eigenvalue weighted by Crippen LogP contribution is 2.33. The van der Waals surface area contributed by atoms with Crippen LogP contribution in [0, 0.1) is 0 Å². The lowest BCUT2D eigenvalue weighted by atomic mass is 10.2. The van der Waals surface area contributed by atoms with Gasteiger partial charge in [0.05, 0.1) is 13.3 Å². The van der Waals surface area contributed by atoms with Gasteiger partial charge in [0.25, 0.3) is 0 Å². The van der Waals surface area contributed by atoms with Crippen molar-refractivity contribution in [1.29, 1.82) is 0 Å². The lowest BCUT2D eigenvalue weighted by Crippen LogP contribution is -2.12.